The fourth-order valence-corrected chi connectivity index (χ4v) is 2.68. The van der Waals surface area contributed by atoms with Gasteiger partial charge in [-0.2, -0.15) is 0 Å². The van der Waals surface area contributed by atoms with Crippen LogP contribution in [0.3, 0.4) is 0 Å². The minimum atomic E-state index is 0.111. The van der Waals surface area contributed by atoms with Gasteiger partial charge < -0.3 is 10.6 Å². The van der Waals surface area contributed by atoms with Crippen LogP contribution < -0.4 is 10.6 Å². The number of anilines is 1. The van der Waals surface area contributed by atoms with Crippen molar-refractivity contribution in [3.63, 3.8) is 0 Å². The highest BCUT2D eigenvalue weighted by Gasteiger charge is 2.21. The standard InChI is InChI=1S/C14H22N2/c1-11(15)13-9-5-6-10-14(13)16(2)12-7-3-4-8-12/h5-6,9-12H,3-4,7-8,15H2,1-2H3/t11-/m1/s1. The first-order valence-corrected chi connectivity index (χ1v) is 6.27. The molecule has 1 aliphatic carbocycles. The van der Waals surface area contributed by atoms with Gasteiger partial charge in [-0.1, -0.05) is 31.0 Å². The van der Waals surface area contributed by atoms with E-state index in [-0.39, 0.29) is 6.04 Å². The summed E-state index contributed by atoms with van der Waals surface area (Å²) in [6.07, 6.45) is 5.39. The van der Waals surface area contributed by atoms with Crippen LogP contribution in [0.4, 0.5) is 5.69 Å². The molecule has 0 heterocycles. The van der Waals surface area contributed by atoms with Crippen molar-refractivity contribution in [2.24, 2.45) is 5.73 Å². The Labute approximate surface area is 98.4 Å². The Morgan fingerprint density at radius 2 is 1.88 bits per heavy atom. The molecule has 2 heteroatoms. The minimum absolute atomic E-state index is 0.111. The molecule has 1 fully saturated rings. The highest BCUT2D eigenvalue weighted by atomic mass is 15.1. The smallest absolute Gasteiger partial charge is 0.0414 e. The average molecular weight is 218 g/mol. The van der Waals surface area contributed by atoms with Crippen LogP contribution in [0.25, 0.3) is 0 Å². The van der Waals surface area contributed by atoms with E-state index in [0.29, 0.717) is 6.04 Å². The van der Waals surface area contributed by atoms with Crippen LogP contribution in [0, 0.1) is 0 Å². The first-order chi connectivity index (χ1) is 7.70. The number of rotatable bonds is 3. The van der Waals surface area contributed by atoms with Gasteiger partial charge in [0.25, 0.3) is 0 Å². The molecule has 2 N–H and O–H groups in total. The minimum Gasteiger partial charge on any atom is -0.371 e. The van der Waals surface area contributed by atoms with E-state index < -0.39 is 0 Å². The number of para-hydroxylation sites is 1. The van der Waals surface area contributed by atoms with E-state index in [1.165, 1.54) is 36.9 Å². The molecule has 1 aromatic rings. The average Bonchev–Trinajstić information content (AvgIpc) is 2.81. The molecule has 0 spiro atoms. The van der Waals surface area contributed by atoms with Crippen LogP contribution in [0.15, 0.2) is 24.3 Å². The van der Waals surface area contributed by atoms with Crippen LogP contribution in [-0.4, -0.2) is 13.1 Å². The SMILES string of the molecule is C[C@@H](N)c1ccccc1N(C)C1CCCC1. The van der Waals surface area contributed by atoms with Crippen molar-refractivity contribution in [2.75, 3.05) is 11.9 Å². The zero-order chi connectivity index (χ0) is 11.5. The lowest BCUT2D eigenvalue weighted by Crippen LogP contribution is -2.30. The third-order valence-electron chi connectivity index (χ3n) is 3.68. The van der Waals surface area contributed by atoms with Crippen molar-refractivity contribution >= 4 is 5.69 Å². The van der Waals surface area contributed by atoms with Gasteiger partial charge >= 0.3 is 0 Å². The van der Waals surface area contributed by atoms with Gasteiger partial charge in [0.2, 0.25) is 0 Å². The number of hydrogen-bond acceptors (Lipinski definition) is 2. The van der Waals surface area contributed by atoms with Crippen molar-refractivity contribution in [3.8, 4) is 0 Å². The van der Waals surface area contributed by atoms with Crippen molar-refractivity contribution in [2.45, 2.75) is 44.7 Å². The van der Waals surface area contributed by atoms with Gasteiger partial charge in [-0.3, -0.25) is 0 Å². The molecule has 1 atom stereocenters. The lowest BCUT2D eigenvalue weighted by atomic mass is 10.0. The molecule has 2 rings (SSSR count). The van der Waals surface area contributed by atoms with Crippen molar-refractivity contribution in [1.29, 1.82) is 0 Å². The van der Waals surface area contributed by atoms with E-state index in [0.717, 1.165) is 0 Å². The molecule has 0 amide bonds. The first kappa shape index (κ1) is 11.5. The predicted molar refractivity (Wildman–Crippen MR) is 69.7 cm³/mol. The number of hydrogen-bond donors (Lipinski definition) is 1. The summed E-state index contributed by atoms with van der Waals surface area (Å²) in [5, 5.41) is 0. The third-order valence-corrected chi connectivity index (χ3v) is 3.68. The van der Waals surface area contributed by atoms with Crippen LogP contribution in [-0.2, 0) is 0 Å². The second-order valence-corrected chi connectivity index (χ2v) is 4.90. The largest absolute Gasteiger partial charge is 0.371 e. The number of nitrogens with zero attached hydrogens (tertiary/aromatic N) is 1. The van der Waals surface area contributed by atoms with Crippen LogP contribution in [0.2, 0.25) is 0 Å². The molecule has 1 aromatic carbocycles. The topological polar surface area (TPSA) is 29.3 Å². The Morgan fingerprint density at radius 3 is 2.50 bits per heavy atom. The van der Waals surface area contributed by atoms with Gasteiger partial charge in [0, 0.05) is 24.8 Å². The molecule has 0 bridgehead atoms. The first-order valence-electron chi connectivity index (χ1n) is 6.27. The Bertz CT molecular complexity index is 340. The maximum absolute atomic E-state index is 6.02. The van der Waals surface area contributed by atoms with E-state index in [2.05, 4.69) is 43.1 Å². The summed E-state index contributed by atoms with van der Waals surface area (Å²) >= 11 is 0. The van der Waals surface area contributed by atoms with Gasteiger partial charge in [0.1, 0.15) is 0 Å². The summed E-state index contributed by atoms with van der Waals surface area (Å²) in [4.78, 5) is 2.42. The number of nitrogens with two attached hydrogens (primary N) is 1. The maximum Gasteiger partial charge on any atom is 0.0414 e. The summed E-state index contributed by atoms with van der Waals surface area (Å²) in [5.41, 5.74) is 8.59. The Morgan fingerprint density at radius 1 is 1.25 bits per heavy atom. The van der Waals surface area contributed by atoms with Crippen molar-refractivity contribution in [3.05, 3.63) is 29.8 Å². The molecule has 16 heavy (non-hydrogen) atoms. The molecular formula is C14H22N2. The molecule has 88 valence electrons. The fourth-order valence-electron chi connectivity index (χ4n) is 2.68. The predicted octanol–water partition coefficient (Wildman–Crippen LogP) is 3.09. The Kier molecular flexibility index (Phi) is 3.49. The fraction of sp³-hybridized carbons (Fsp3) is 0.571. The molecule has 0 aromatic heterocycles. The van der Waals surface area contributed by atoms with Crippen molar-refractivity contribution in [1.82, 2.24) is 0 Å². The maximum atomic E-state index is 6.02. The Balaban J connectivity index is 2.24. The number of benzene rings is 1. The zero-order valence-electron chi connectivity index (χ0n) is 10.3. The highest BCUT2D eigenvalue weighted by molar-refractivity contribution is 5.55. The lowest BCUT2D eigenvalue weighted by molar-refractivity contribution is 0.647. The molecule has 0 saturated heterocycles. The van der Waals surface area contributed by atoms with Gasteiger partial charge in [-0.05, 0) is 31.4 Å². The molecule has 1 aliphatic rings. The van der Waals surface area contributed by atoms with Crippen LogP contribution in [0.1, 0.15) is 44.2 Å². The molecule has 0 unspecified atom stereocenters. The van der Waals surface area contributed by atoms with Crippen molar-refractivity contribution < 1.29 is 0 Å². The van der Waals surface area contributed by atoms with Gasteiger partial charge in [0.15, 0.2) is 0 Å². The second-order valence-electron chi connectivity index (χ2n) is 4.90. The summed E-state index contributed by atoms with van der Waals surface area (Å²) in [7, 11) is 2.21. The highest BCUT2D eigenvalue weighted by Crippen LogP contribution is 2.30. The molecule has 1 saturated carbocycles. The molecular weight excluding hydrogens is 196 g/mol. The van der Waals surface area contributed by atoms with Gasteiger partial charge in [-0.15, -0.1) is 0 Å². The summed E-state index contributed by atoms with van der Waals surface area (Å²) < 4.78 is 0. The zero-order valence-corrected chi connectivity index (χ0v) is 10.3. The quantitative estimate of drug-likeness (QED) is 0.844. The van der Waals surface area contributed by atoms with Gasteiger partial charge in [-0.25, -0.2) is 0 Å². The second kappa shape index (κ2) is 4.88. The normalized spacial score (nSPS) is 18.7. The van der Waals surface area contributed by atoms with E-state index in [1.54, 1.807) is 0 Å². The van der Waals surface area contributed by atoms with E-state index in [4.69, 9.17) is 5.73 Å². The van der Waals surface area contributed by atoms with Crippen LogP contribution in [0.5, 0.6) is 0 Å². The summed E-state index contributed by atoms with van der Waals surface area (Å²) in [6.45, 7) is 2.06. The monoisotopic (exact) mass is 218 g/mol. The molecule has 0 radical (unpaired) electrons. The van der Waals surface area contributed by atoms with E-state index in [1.807, 2.05) is 0 Å². The van der Waals surface area contributed by atoms with E-state index in [9.17, 15) is 0 Å². The lowest BCUT2D eigenvalue weighted by Gasteiger charge is -2.29. The van der Waals surface area contributed by atoms with Gasteiger partial charge in [0.05, 0.1) is 0 Å². The molecule has 2 nitrogen and oxygen atoms in total. The summed E-state index contributed by atoms with van der Waals surface area (Å²) in [5.74, 6) is 0. The Hall–Kier alpha value is -1.02. The third kappa shape index (κ3) is 2.22. The van der Waals surface area contributed by atoms with Crippen LogP contribution >= 0.6 is 0 Å². The van der Waals surface area contributed by atoms with E-state index >= 15 is 0 Å². The molecule has 0 aliphatic heterocycles. The summed E-state index contributed by atoms with van der Waals surface area (Å²) in [6, 6.07) is 9.33.